The molecular formula is C25H43N3O3. The SMILES string of the molecule is COc1cc(CN(C)CC2CCN(C)CC2)ccc1OC[C@H](O)CN1CCCCCC1. The summed E-state index contributed by atoms with van der Waals surface area (Å²) in [7, 11) is 6.10. The predicted octanol–water partition coefficient (Wildman–Crippen LogP) is 3.08. The molecule has 0 saturated carbocycles. The fraction of sp³-hybridized carbons (Fsp3) is 0.760. The van der Waals surface area contributed by atoms with E-state index in [1.807, 2.05) is 6.07 Å². The maximum absolute atomic E-state index is 10.4. The molecule has 0 spiro atoms. The Bertz CT molecular complexity index is 641. The summed E-state index contributed by atoms with van der Waals surface area (Å²) >= 11 is 0. The third-order valence-electron chi connectivity index (χ3n) is 6.69. The number of likely N-dealkylation sites (tertiary alicyclic amines) is 2. The topological polar surface area (TPSA) is 48.4 Å². The molecule has 31 heavy (non-hydrogen) atoms. The fourth-order valence-electron chi connectivity index (χ4n) is 4.85. The van der Waals surface area contributed by atoms with Crippen LogP contribution in [-0.2, 0) is 6.54 Å². The van der Waals surface area contributed by atoms with Crippen LogP contribution < -0.4 is 9.47 Å². The molecule has 2 aliphatic heterocycles. The Kier molecular flexibility index (Phi) is 9.91. The number of methoxy groups -OCH3 is 1. The molecule has 0 aromatic heterocycles. The van der Waals surface area contributed by atoms with Crippen molar-refractivity contribution in [3.8, 4) is 11.5 Å². The normalized spacial score (nSPS) is 20.5. The average molecular weight is 434 g/mol. The molecule has 0 radical (unpaired) electrons. The lowest BCUT2D eigenvalue weighted by Gasteiger charge is -2.31. The van der Waals surface area contributed by atoms with Crippen LogP contribution in [-0.4, -0.2) is 93.0 Å². The average Bonchev–Trinajstić information content (AvgIpc) is 3.03. The van der Waals surface area contributed by atoms with Gasteiger partial charge in [-0.1, -0.05) is 18.9 Å². The minimum Gasteiger partial charge on any atom is -0.493 e. The molecule has 176 valence electrons. The van der Waals surface area contributed by atoms with Crippen molar-refractivity contribution >= 4 is 0 Å². The quantitative estimate of drug-likeness (QED) is 0.612. The molecule has 1 aromatic carbocycles. The van der Waals surface area contributed by atoms with Crippen LogP contribution in [0.25, 0.3) is 0 Å². The molecule has 1 aromatic rings. The summed E-state index contributed by atoms with van der Waals surface area (Å²) in [5.41, 5.74) is 1.23. The second-order valence-electron chi connectivity index (χ2n) is 9.61. The van der Waals surface area contributed by atoms with Gasteiger partial charge in [-0.2, -0.15) is 0 Å². The van der Waals surface area contributed by atoms with Crippen molar-refractivity contribution < 1.29 is 14.6 Å². The van der Waals surface area contributed by atoms with Crippen molar-refractivity contribution in [3.05, 3.63) is 23.8 Å². The first-order valence-electron chi connectivity index (χ1n) is 12.1. The summed E-state index contributed by atoms with van der Waals surface area (Å²) in [4.78, 5) is 7.20. The summed E-state index contributed by atoms with van der Waals surface area (Å²) in [6, 6.07) is 6.17. The fourth-order valence-corrected chi connectivity index (χ4v) is 4.85. The number of aliphatic hydroxyl groups is 1. The largest absolute Gasteiger partial charge is 0.493 e. The van der Waals surface area contributed by atoms with Gasteiger partial charge < -0.3 is 29.3 Å². The molecule has 1 N–H and O–H groups in total. The number of β-amino-alcohol motifs (C(OH)–C–C–N with tert-alkyl or cyclic N) is 1. The molecule has 2 fully saturated rings. The van der Waals surface area contributed by atoms with Gasteiger partial charge in [-0.15, -0.1) is 0 Å². The Morgan fingerprint density at radius 1 is 1.06 bits per heavy atom. The molecule has 6 nitrogen and oxygen atoms in total. The molecule has 0 bridgehead atoms. The Labute approximate surface area is 189 Å². The summed E-state index contributed by atoms with van der Waals surface area (Å²) in [5, 5.41) is 10.4. The van der Waals surface area contributed by atoms with Crippen LogP contribution in [0.2, 0.25) is 0 Å². The molecule has 2 heterocycles. The predicted molar refractivity (Wildman–Crippen MR) is 126 cm³/mol. The second-order valence-corrected chi connectivity index (χ2v) is 9.61. The standard InChI is InChI=1S/C25H43N3O3/c1-26-14-10-21(11-15-26)17-27(2)18-22-8-9-24(25(16-22)30-3)31-20-23(29)19-28-12-6-4-5-7-13-28/h8-9,16,21,23,29H,4-7,10-15,17-20H2,1-3H3/t23-/m1/s1. The van der Waals surface area contributed by atoms with Gasteiger partial charge in [-0.3, -0.25) is 0 Å². The highest BCUT2D eigenvalue weighted by Crippen LogP contribution is 2.29. The zero-order valence-electron chi connectivity index (χ0n) is 19.9. The van der Waals surface area contributed by atoms with Crippen molar-refractivity contribution in [1.82, 2.24) is 14.7 Å². The highest BCUT2D eigenvalue weighted by atomic mass is 16.5. The van der Waals surface area contributed by atoms with Gasteiger partial charge in [-0.05, 0) is 89.6 Å². The molecule has 6 heteroatoms. The highest BCUT2D eigenvalue weighted by molar-refractivity contribution is 5.43. The van der Waals surface area contributed by atoms with Gasteiger partial charge in [0.05, 0.1) is 7.11 Å². The molecule has 0 amide bonds. The maximum Gasteiger partial charge on any atom is 0.161 e. The van der Waals surface area contributed by atoms with E-state index in [0.717, 1.165) is 37.8 Å². The molecule has 2 saturated heterocycles. The summed E-state index contributed by atoms with van der Waals surface area (Å²) in [6.07, 6.45) is 7.17. The van der Waals surface area contributed by atoms with Crippen molar-refractivity contribution in [1.29, 1.82) is 0 Å². The monoisotopic (exact) mass is 433 g/mol. The van der Waals surface area contributed by atoms with Gasteiger partial charge in [-0.25, -0.2) is 0 Å². The third kappa shape index (κ3) is 8.26. The first kappa shape index (κ1) is 24.3. The number of rotatable bonds is 10. The van der Waals surface area contributed by atoms with Crippen molar-refractivity contribution in [3.63, 3.8) is 0 Å². The van der Waals surface area contributed by atoms with Gasteiger partial charge in [0.1, 0.15) is 12.7 Å². The number of nitrogens with zero attached hydrogens (tertiary/aromatic N) is 3. The van der Waals surface area contributed by atoms with Crippen LogP contribution in [0.4, 0.5) is 0 Å². The third-order valence-corrected chi connectivity index (χ3v) is 6.69. The number of piperidine rings is 1. The van der Waals surface area contributed by atoms with E-state index in [1.54, 1.807) is 7.11 Å². The van der Waals surface area contributed by atoms with Gasteiger partial charge in [0, 0.05) is 19.6 Å². The molecule has 0 aliphatic carbocycles. The Balaban J connectivity index is 1.46. The number of hydrogen-bond donors (Lipinski definition) is 1. The Morgan fingerprint density at radius 3 is 2.45 bits per heavy atom. The van der Waals surface area contributed by atoms with Crippen molar-refractivity contribution in [2.24, 2.45) is 5.92 Å². The van der Waals surface area contributed by atoms with Gasteiger partial charge in [0.25, 0.3) is 0 Å². The van der Waals surface area contributed by atoms with E-state index >= 15 is 0 Å². The molecular weight excluding hydrogens is 390 g/mol. The van der Waals surface area contributed by atoms with Crippen molar-refractivity contribution in [2.45, 2.75) is 51.2 Å². The van der Waals surface area contributed by atoms with Crippen LogP contribution in [0.3, 0.4) is 0 Å². The minimum atomic E-state index is -0.483. The lowest BCUT2D eigenvalue weighted by molar-refractivity contribution is 0.0683. The van der Waals surface area contributed by atoms with E-state index in [1.165, 1.54) is 57.2 Å². The smallest absolute Gasteiger partial charge is 0.161 e. The van der Waals surface area contributed by atoms with Crippen LogP contribution >= 0.6 is 0 Å². The lowest BCUT2D eigenvalue weighted by atomic mass is 9.96. The van der Waals surface area contributed by atoms with Gasteiger partial charge >= 0.3 is 0 Å². The van der Waals surface area contributed by atoms with Gasteiger partial charge in [0.2, 0.25) is 0 Å². The first-order chi connectivity index (χ1) is 15.0. The Hall–Kier alpha value is -1.34. The van der Waals surface area contributed by atoms with Crippen molar-refractivity contribution in [2.75, 3.05) is 67.1 Å². The van der Waals surface area contributed by atoms with E-state index in [0.29, 0.717) is 18.9 Å². The lowest BCUT2D eigenvalue weighted by Crippen LogP contribution is -2.36. The second kappa shape index (κ2) is 12.6. The molecule has 1 atom stereocenters. The summed E-state index contributed by atoms with van der Waals surface area (Å²) in [5.74, 6) is 2.24. The highest BCUT2D eigenvalue weighted by Gasteiger charge is 2.19. The van der Waals surface area contributed by atoms with Crippen LogP contribution in [0.5, 0.6) is 11.5 Å². The maximum atomic E-state index is 10.4. The van der Waals surface area contributed by atoms with E-state index in [2.05, 4.69) is 40.9 Å². The van der Waals surface area contributed by atoms with E-state index in [4.69, 9.17) is 9.47 Å². The summed E-state index contributed by atoms with van der Waals surface area (Å²) < 4.78 is 11.5. The van der Waals surface area contributed by atoms with E-state index in [-0.39, 0.29) is 0 Å². The number of ether oxygens (including phenoxy) is 2. The first-order valence-corrected chi connectivity index (χ1v) is 12.1. The zero-order chi connectivity index (χ0) is 22.1. The zero-order valence-corrected chi connectivity index (χ0v) is 19.9. The van der Waals surface area contributed by atoms with Crippen LogP contribution in [0.15, 0.2) is 18.2 Å². The van der Waals surface area contributed by atoms with E-state index < -0.39 is 6.10 Å². The number of hydrogen-bond acceptors (Lipinski definition) is 6. The summed E-state index contributed by atoms with van der Waals surface area (Å²) in [6.45, 7) is 7.60. The number of aliphatic hydroxyl groups excluding tert-OH is 1. The van der Waals surface area contributed by atoms with Gasteiger partial charge in [0.15, 0.2) is 11.5 Å². The number of benzene rings is 1. The minimum absolute atomic E-state index is 0.294. The molecule has 0 unspecified atom stereocenters. The van der Waals surface area contributed by atoms with Crippen LogP contribution in [0, 0.1) is 5.92 Å². The van der Waals surface area contributed by atoms with E-state index in [9.17, 15) is 5.11 Å². The van der Waals surface area contributed by atoms with Crippen LogP contribution in [0.1, 0.15) is 44.1 Å². The molecule has 3 rings (SSSR count). The molecule has 2 aliphatic rings. The Morgan fingerprint density at radius 2 is 1.77 bits per heavy atom.